The number of anilines is 1. The Morgan fingerprint density at radius 1 is 1.00 bits per heavy atom. The van der Waals surface area contributed by atoms with E-state index in [-0.39, 0.29) is 11.9 Å². The third kappa shape index (κ3) is 3.48. The highest BCUT2D eigenvalue weighted by atomic mass is 32.2. The minimum Gasteiger partial charge on any atom is -0.480 e. The molecule has 0 aromatic heterocycles. The molecule has 0 radical (unpaired) electrons. The quantitative estimate of drug-likeness (QED) is 0.732. The Kier molecular flexibility index (Phi) is 4.61. The summed E-state index contributed by atoms with van der Waals surface area (Å²) in [6.07, 6.45) is -0.318. The van der Waals surface area contributed by atoms with Gasteiger partial charge in [-0.25, -0.2) is 13.6 Å². The highest BCUT2D eigenvalue weighted by molar-refractivity contribution is 7.88. The smallest absolute Gasteiger partial charge is 0.213 e. The van der Waals surface area contributed by atoms with Crippen LogP contribution < -0.4 is 14.8 Å². The van der Waals surface area contributed by atoms with Gasteiger partial charge in [0.2, 0.25) is 10.0 Å². The lowest BCUT2D eigenvalue weighted by atomic mass is 9.87. The molecule has 0 fully saturated rings. The van der Waals surface area contributed by atoms with Crippen molar-refractivity contribution in [3.05, 3.63) is 83.4 Å². The molecule has 2 N–H and O–H groups in total. The van der Waals surface area contributed by atoms with Crippen molar-refractivity contribution in [3.8, 4) is 16.9 Å². The van der Waals surface area contributed by atoms with Crippen LogP contribution in [0.3, 0.4) is 0 Å². The van der Waals surface area contributed by atoms with Gasteiger partial charge in [-0.15, -0.1) is 0 Å². The van der Waals surface area contributed by atoms with Gasteiger partial charge in [0.1, 0.15) is 11.9 Å². The molecule has 1 aliphatic heterocycles. The Hall–Kier alpha value is -2.83. The third-order valence-corrected chi connectivity index (χ3v) is 5.60. The van der Waals surface area contributed by atoms with Crippen molar-refractivity contribution in [3.63, 3.8) is 0 Å². The van der Waals surface area contributed by atoms with E-state index in [1.165, 1.54) is 0 Å². The minimum absolute atomic E-state index is 0.204. The largest absolute Gasteiger partial charge is 0.480 e. The van der Waals surface area contributed by atoms with Crippen LogP contribution in [0.5, 0.6) is 5.75 Å². The molecule has 0 spiro atoms. The fraction of sp³-hybridized carbons (Fsp3) is 0.182. The standard InChI is InChI=1S/C22H22N2O3S/c1-24(2)19-9-6-10-20-21(19)17-12-11-15(14-28(23,25)26)13-18(17)22(27-20)16-7-4-3-5-8-16/h3-13,22H,14H2,1-2H3,(H2,23,25,26). The number of rotatable bonds is 4. The fourth-order valence-electron chi connectivity index (χ4n) is 3.71. The molecule has 0 aliphatic carbocycles. The highest BCUT2D eigenvalue weighted by Gasteiger charge is 2.30. The summed E-state index contributed by atoms with van der Waals surface area (Å²) in [4.78, 5) is 2.05. The molecule has 6 heteroatoms. The zero-order chi connectivity index (χ0) is 19.9. The van der Waals surface area contributed by atoms with Crippen molar-refractivity contribution in [1.29, 1.82) is 0 Å². The number of nitrogens with two attached hydrogens (primary N) is 1. The Bertz CT molecular complexity index is 1130. The molecule has 28 heavy (non-hydrogen) atoms. The lowest BCUT2D eigenvalue weighted by molar-refractivity contribution is 0.243. The highest BCUT2D eigenvalue weighted by Crippen LogP contribution is 2.48. The molecular weight excluding hydrogens is 372 g/mol. The Balaban J connectivity index is 1.94. The first-order valence-corrected chi connectivity index (χ1v) is 10.7. The van der Waals surface area contributed by atoms with Gasteiger partial charge < -0.3 is 9.64 Å². The number of hydrogen-bond acceptors (Lipinski definition) is 4. The second kappa shape index (κ2) is 6.96. The van der Waals surface area contributed by atoms with Crippen LogP contribution >= 0.6 is 0 Å². The van der Waals surface area contributed by atoms with Crippen LogP contribution in [0.2, 0.25) is 0 Å². The summed E-state index contributed by atoms with van der Waals surface area (Å²) in [5.74, 6) is 0.607. The van der Waals surface area contributed by atoms with Crippen LogP contribution in [-0.4, -0.2) is 22.5 Å². The summed E-state index contributed by atoms with van der Waals surface area (Å²) in [5.41, 5.74) is 5.70. The van der Waals surface area contributed by atoms with E-state index in [9.17, 15) is 8.42 Å². The first kappa shape index (κ1) is 18.5. The van der Waals surface area contributed by atoms with E-state index < -0.39 is 10.0 Å². The van der Waals surface area contributed by atoms with Crippen LogP contribution in [0.4, 0.5) is 5.69 Å². The fourth-order valence-corrected chi connectivity index (χ4v) is 4.35. The molecule has 3 aromatic rings. The molecule has 5 nitrogen and oxygen atoms in total. The molecule has 0 amide bonds. The monoisotopic (exact) mass is 394 g/mol. The van der Waals surface area contributed by atoms with E-state index in [0.29, 0.717) is 5.56 Å². The molecule has 0 bridgehead atoms. The maximum absolute atomic E-state index is 11.6. The number of sulfonamides is 1. The van der Waals surface area contributed by atoms with Crippen molar-refractivity contribution < 1.29 is 13.2 Å². The molecule has 1 aliphatic rings. The van der Waals surface area contributed by atoms with Crippen LogP contribution in [0, 0.1) is 0 Å². The number of ether oxygens (including phenoxy) is 1. The van der Waals surface area contributed by atoms with Crippen molar-refractivity contribution in [1.82, 2.24) is 0 Å². The Morgan fingerprint density at radius 2 is 1.75 bits per heavy atom. The normalized spacial score (nSPS) is 15.3. The minimum atomic E-state index is -3.62. The van der Waals surface area contributed by atoms with Gasteiger partial charge in [0.25, 0.3) is 0 Å². The lowest BCUT2D eigenvalue weighted by Gasteiger charge is -2.32. The van der Waals surface area contributed by atoms with Gasteiger partial charge in [0, 0.05) is 30.9 Å². The zero-order valence-electron chi connectivity index (χ0n) is 15.8. The first-order valence-electron chi connectivity index (χ1n) is 8.99. The topological polar surface area (TPSA) is 72.6 Å². The second-order valence-corrected chi connectivity index (χ2v) is 8.80. The summed E-state index contributed by atoms with van der Waals surface area (Å²) in [7, 11) is 0.371. The lowest BCUT2D eigenvalue weighted by Crippen LogP contribution is -2.19. The second-order valence-electron chi connectivity index (χ2n) is 7.18. The predicted molar refractivity (Wildman–Crippen MR) is 112 cm³/mol. The predicted octanol–water partition coefficient (Wildman–Crippen LogP) is 3.69. The van der Waals surface area contributed by atoms with Gasteiger partial charge in [0.05, 0.1) is 5.75 Å². The van der Waals surface area contributed by atoms with Gasteiger partial charge in [0.15, 0.2) is 0 Å². The van der Waals surface area contributed by atoms with Gasteiger partial charge in [-0.05, 0) is 28.8 Å². The maximum Gasteiger partial charge on any atom is 0.213 e. The molecule has 4 rings (SSSR count). The number of nitrogens with zero attached hydrogens (tertiary/aromatic N) is 1. The number of fused-ring (bicyclic) bond motifs is 3. The molecule has 3 aromatic carbocycles. The Labute approximate surface area is 165 Å². The summed E-state index contributed by atoms with van der Waals surface area (Å²) in [6.45, 7) is 0. The van der Waals surface area contributed by atoms with Crippen LogP contribution in [0.25, 0.3) is 11.1 Å². The molecular formula is C22H22N2O3S. The average Bonchev–Trinajstić information content (AvgIpc) is 2.66. The number of hydrogen-bond donors (Lipinski definition) is 1. The SMILES string of the molecule is CN(C)c1cccc2c1-c1ccc(CS(N)(=O)=O)cc1C(c1ccccc1)O2. The molecule has 0 saturated carbocycles. The van der Waals surface area contributed by atoms with Gasteiger partial charge in [-0.1, -0.05) is 54.6 Å². The van der Waals surface area contributed by atoms with E-state index in [0.717, 1.165) is 33.7 Å². The first-order chi connectivity index (χ1) is 13.3. The average molecular weight is 394 g/mol. The van der Waals surface area contributed by atoms with Gasteiger partial charge in [-0.3, -0.25) is 0 Å². The van der Waals surface area contributed by atoms with Crippen LogP contribution in [-0.2, 0) is 15.8 Å². The van der Waals surface area contributed by atoms with Crippen molar-refractivity contribution in [2.75, 3.05) is 19.0 Å². The molecule has 1 unspecified atom stereocenters. The molecule has 0 saturated heterocycles. The van der Waals surface area contributed by atoms with Crippen LogP contribution in [0.1, 0.15) is 22.8 Å². The van der Waals surface area contributed by atoms with Gasteiger partial charge >= 0.3 is 0 Å². The Morgan fingerprint density at radius 3 is 2.43 bits per heavy atom. The van der Waals surface area contributed by atoms with Gasteiger partial charge in [-0.2, -0.15) is 0 Å². The van der Waals surface area contributed by atoms with Crippen molar-refractivity contribution in [2.24, 2.45) is 5.14 Å². The van der Waals surface area contributed by atoms with E-state index in [4.69, 9.17) is 9.88 Å². The van der Waals surface area contributed by atoms with E-state index in [2.05, 4.69) is 0 Å². The van der Waals surface area contributed by atoms with Crippen molar-refractivity contribution >= 4 is 15.7 Å². The zero-order valence-corrected chi connectivity index (χ0v) is 16.6. The van der Waals surface area contributed by atoms with E-state index >= 15 is 0 Å². The molecule has 1 atom stereocenters. The molecule has 1 heterocycles. The summed E-state index contributed by atoms with van der Waals surface area (Å²) < 4.78 is 29.6. The summed E-state index contributed by atoms with van der Waals surface area (Å²) >= 11 is 0. The van der Waals surface area contributed by atoms with Crippen LogP contribution in [0.15, 0.2) is 66.7 Å². The number of benzene rings is 3. The maximum atomic E-state index is 11.6. The number of primary sulfonamides is 1. The summed E-state index contributed by atoms with van der Waals surface area (Å²) in [5, 5.41) is 5.26. The molecule has 144 valence electrons. The van der Waals surface area contributed by atoms with E-state index in [1.807, 2.05) is 85.7 Å². The van der Waals surface area contributed by atoms with Crippen molar-refractivity contribution in [2.45, 2.75) is 11.9 Å². The third-order valence-electron chi connectivity index (χ3n) is 4.87. The summed E-state index contributed by atoms with van der Waals surface area (Å²) in [6, 6.07) is 21.6. The van der Waals surface area contributed by atoms with E-state index in [1.54, 1.807) is 0 Å².